The number of aliphatic hydroxyl groups is 1. The Balaban J connectivity index is 1.42. The van der Waals surface area contributed by atoms with Crippen molar-refractivity contribution in [3.63, 3.8) is 0 Å². The molecule has 0 saturated carbocycles. The lowest BCUT2D eigenvalue weighted by atomic mass is 10.1. The topological polar surface area (TPSA) is 92.3 Å². The molecule has 0 bridgehead atoms. The summed E-state index contributed by atoms with van der Waals surface area (Å²) in [6.07, 6.45) is 0.511. The lowest BCUT2D eigenvalue weighted by molar-refractivity contribution is 0.174. The van der Waals surface area contributed by atoms with Crippen LogP contribution < -0.4 is 16.0 Å². The normalized spacial score (nSPS) is 16.5. The lowest BCUT2D eigenvalue weighted by Gasteiger charge is -2.36. The number of aliphatic hydroxyl groups excluding tert-OH is 1. The average molecular weight is 413 g/mol. The average Bonchev–Trinajstić information content (AvgIpc) is 3.22. The van der Waals surface area contributed by atoms with Gasteiger partial charge in [0.25, 0.3) is 5.56 Å². The van der Waals surface area contributed by atoms with Gasteiger partial charge in [-0.1, -0.05) is 12.1 Å². The second-order valence-corrected chi connectivity index (χ2v) is 7.77. The van der Waals surface area contributed by atoms with Gasteiger partial charge in [0, 0.05) is 58.8 Å². The molecule has 1 fully saturated rings. The zero-order valence-electron chi connectivity index (χ0n) is 17.6. The fourth-order valence-corrected chi connectivity index (χ4v) is 4.12. The van der Waals surface area contributed by atoms with Crippen molar-refractivity contribution >= 4 is 11.5 Å². The summed E-state index contributed by atoms with van der Waals surface area (Å²) in [6, 6.07) is 5.90. The minimum absolute atomic E-state index is 0.0403. The number of aliphatic imine (C=N–C) groups is 1. The van der Waals surface area contributed by atoms with Gasteiger partial charge in [-0.05, 0) is 11.6 Å². The fourth-order valence-electron chi connectivity index (χ4n) is 4.12. The Hall–Kier alpha value is -2.91. The molecule has 0 atom stereocenters. The van der Waals surface area contributed by atoms with E-state index in [0.717, 1.165) is 54.3 Å². The molecule has 9 nitrogen and oxygen atoms in total. The molecule has 1 aromatic carbocycles. The monoisotopic (exact) mass is 413 g/mol. The zero-order chi connectivity index (χ0) is 21.4. The fraction of sp³-hybridized carbons (Fsp3) is 0.476. The molecule has 2 aliphatic heterocycles. The largest absolute Gasteiger partial charge is 0.496 e. The van der Waals surface area contributed by atoms with Crippen molar-refractivity contribution in [2.75, 3.05) is 33.3 Å². The predicted octanol–water partition coefficient (Wildman–Crippen LogP) is -0.0112. The van der Waals surface area contributed by atoms with Crippen LogP contribution in [0, 0.1) is 0 Å². The molecule has 1 saturated heterocycles. The third kappa shape index (κ3) is 3.54. The Morgan fingerprint density at radius 3 is 2.50 bits per heavy atom. The first-order valence-corrected chi connectivity index (χ1v) is 10.0. The van der Waals surface area contributed by atoms with Crippen LogP contribution in [-0.2, 0) is 33.7 Å². The Kier molecular flexibility index (Phi) is 5.48. The van der Waals surface area contributed by atoms with Crippen molar-refractivity contribution in [2.24, 2.45) is 19.1 Å². The number of aromatic nitrogens is 2. The van der Waals surface area contributed by atoms with E-state index >= 15 is 0 Å². The smallest absolute Gasteiger partial charge is 0.330 e. The number of methoxy groups -OCH3 is 1. The van der Waals surface area contributed by atoms with Crippen LogP contribution in [0.4, 0.5) is 5.69 Å². The van der Waals surface area contributed by atoms with Crippen LogP contribution in [-0.4, -0.2) is 63.2 Å². The number of piperazine rings is 1. The van der Waals surface area contributed by atoms with Gasteiger partial charge in [-0.3, -0.25) is 18.8 Å². The van der Waals surface area contributed by atoms with Crippen molar-refractivity contribution in [3.8, 4) is 5.75 Å². The first-order chi connectivity index (χ1) is 14.4. The van der Waals surface area contributed by atoms with Crippen LogP contribution in [0.15, 0.2) is 32.8 Å². The summed E-state index contributed by atoms with van der Waals surface area (Å²) in [5.41, 5.74) is 2.35. The number of amidine groups is 1. The minimum Gasteiger partial charge on any atom is -0.496 e. The van der Waals surface area contributed by atoms with Gasteiger partial charge in [0.05, 0.1) is 19.4 Å². The Morgan fingerprint density at radius 2 is 1.83 bits per heavy atom. The molecule has 0 unspecified atom stereocenters. The highest BCUT2D eigenvalue weighted by atomic mass is 16.5. The van der Waals surface area contributed by atoms with Gasteiger partial charge in [-0.15, -0.1) is 0 Å². The maximum atomic E-state index is 12.4. The van der Waals surface area contributed by atoms with E-state index in [2.05, 4.69) is 14.8 Å². The highest BCUT2D eigenvalue weighted by Gasteiger charge is 2.28. The lowest BCUT2D eigenvalue weighted by Crippen LogP contribution is -2.48. The highest BCUT2D eigenvalue weighted by molar-refractivity contribution is 5.91. The quantitative estimate of drug-likeness (QED) is 0.758. The van der Waals surface area contributed by atoms with Crippen LogP contribution >= 0.6 is 0 Å². The van der Waals surface area contributed by atoms with E-state index in [1.165, 1.54) is 11.6 Å². The van der Waals surface area contributed by atoms with Gasteiger partial charge in [0.1, 0.15) is 11.6 Å². The van der Waals surface area contributed by atoms with Crippen molar-refractivity contribution in [1.29, 1.82) is 0 Å². The summed E-state index contributed by atoms with van der Waals surface area (Å²) < 4.78 is 7.99. The van der Waals surface area contributed by atoms with Crippen LogP contribution in [0.3, 0.4) is 0 Å². The molecule has 4 rings (SSSR count). The van der Waals surface area contributed by atoms with E-state index in [0.29, 0.717) is 23.6 Å². The molecule has 9 heteroatoms. The molecule has 160 valence electrons. The third-order valence-electron chi connectivity index (χ3n) is 5.99. The number of fused-ring (bicyclic) bond motifs is 1. The van der Waals surface area contributed by atoms with Crippen molar-refractivity contribution in [2.45, 2.75) is 19.6 Å². The summed E-state index contributed by atoms with van der Waals surface area (Å²) in [5, 5.41) is 9.38. The van der Waals surface area contributed by atoms with Gasteiger partial charge in [0.2, 0.25) is 0 Å². The first kappa shape index (κ1) is 20.4. The highest BCUT2D eigenvalue weighted by Crippen LogP contribution is 2.24. The maximum Gasteiger partial charge on any atom is 0.330 e. The van der Waals surface area contributed by atoms with Gasteiger partial charge in [-0.2, -0.15) is 0 Å². The number of hydrogen-bond acceptors (Lipinski definition) is 7. The molecule has 0 amide bonds. The molecule has 3 heterocycles. The number of nitrogens with zero attached hydrogens (tertiary/aromatic N) is 5. The van der Waals surface area contributed by atoms with Crippen LogP contribution in [0.25, 0.3) is 0 Å². The third-order valence-corrected chi connectivity index (χ3v) is 5.99. The Bertz CT molecular complexity index is 1110. The molecule has 0 radical (unpaired) electrons. The maximum absolute atomic E-state index is 12.4. The van der Waals surface area contributed by atoms with Crippen LogP contribution in [0.2, 0.25) is 0 Å². The van der Waals surface area contributed by atoms with Crippen molar-refractivity contribution in [3.05, 3.63) is 55.9 Å². The molecule has 0 spiro atoms. The molecule has 0 aliphatic carbocycles. The van der Waals surface area contributed by atoms with E-state index in [9.17, 15) is 14.7 Å². The predicted molar refractivity (Wildman–Crippen MR) is 113 cm³/mol. The SMILES string of the molecule is COc1cc(CN2CCN(C3=Nc4c(n(C)c(=O)n(C)c4=O)C3)CC2)ccc1CO. The van der Waals surface area contributed by atoms with E-state index < -0.39 is 0 Å². The molecule has 1 aromatic heterocycles. The van der Waals surface area contributed by atoms with Crippen LogP contribution in [0.1, 0.15) is 16.8 Å². The van der Waals surface area contributed by atoms with Crippen molar-refractivity contribution < 1.29 is 9.84 Å². The summed E-state index contributed by atoms with van der Waals surface area (Å²) >= 11 is 0. The molecular formula is C21H27N5O4. The van der Waals surface area contributed by atoms with E-state index in [4.69, 9.17) is 4.74 Å². The second kappa shape index (κ2) is 8.08. The van der Waals surface area contributed by atoms with E-state index in [-0.39, 0.29) is 17.9 Å². The van der Waals surface area contributed by atoms with Gasteiger partial charge in [0.15, 0.2) is 5.69 Å². The number of benzene rings is 1. The standard InChI is InChI=1S/C21H27N5O4/c1-23-16-11-18(22-19(16)20(28)24(2)21(23)29)26-8-6-25(7-9-26)12-14-4-5-15(13-27)17(10-14)30-3/h4-5,10,27H,6-9,11-13H2,1-3H3. The molecule has 2 aromatic rings. The van der Waals surface area contributed by atoms with E-state index in [1.54, 1.807) is 14.2 Å². The summed E-state index contributed by atoms with van der Waals surface area (Å²) in [6.45, 7) is 4.13. The van der Waals surface area contributed by atoms with Crippen LogP contribution in [0.5, 0.6) is 5.75 Å². The Labute approximate surface area is 174 Å². The van der Waals surface area contributed by atoms with Gasteiger partial charge >= 0.3 is 5.69 Å². The zero-order valence-corrected chi connectivity index (χ0v) is 17.6. The summed E-state index contributed by atoms with van der Waals surface area (Å²) in [4.78, 5) is 33.7. The Morgan fingerprint density at radius 1 is 1.10 bits per heavy atom. The summed E-state index contributed by atoms with van der Waals surface area (Å²) in [7, 11) is 4.78. The molecule has 30 heavy (non-hydrogen) atoms. The summed E-state index contributed by atoms with van der Waals surface area (Å²) in [5.74, 6) is 1.57. The number of hydrogen-bond donors (Lipinski definition) is 1. The van der Waals surface area contributed by atoms with Gasteiger partial charge in [-0.25, -0.2) is 9.79 Å². The van der Waals surface area contributed by atoms with Gasteiger partial charge < -0.3 is 14.7 Å². The number of ether oxygens (including phenoxy) is 1. The first-order valence-electron chi connectivity index (χ1n) is 10.0. The molecule has 2 aliphatic rings. The minimum atomic E-state index is -0.331. The second-order valence-electron chi connectivity index (χ2n) is 7.77. The van der Waals surface area contributed by atoms with Crippen molar-refractivity contribution in [1.82, 2.24) is 18.9 Å². The molecule has 1 N–H and O–H groups in total. The van der Waals surface area contributed by atoms with E-state index in [1.807, 2.05) is 18.2 Å². The number of rotatable bonds is 4. The molecular weight excluding hydrogens is 386 g/mol.